The first-order chi connectivity index (χ1) is 8.38. The van der Waals surface area contributed by atoms with Gasteiger partial charge in [-0.2, -0.15) is 13.2 Å². The van der Waals surface area contributed by atoms with Gasteiger partial charge in [0.25, 0.3) is 0 Å². The molecule has 1 N–H and O–H groups in total. The van der Waals surface area contributed by atoms with E-state index in [0.29, 0.717) is 12.6 Å². The SMILES string of the molecule is CN1CCCC[C@@H]1CCNC(=O)CCC(F)(F)F. The highest BCUT2D eigenvalue weighted by Gasteiger charge is 2.27. The number of hydrogen-bond donors (Lipinski definition) is 1. The number of hydrogen-bond acceptors (Lipinski definition) is 2. The van der Waals surface area contributed by atoms with E-state index in [9.17, 15) is 18.0 Å². The van der Waals surface area contributed by atoms with E-state index in [1.54, 1.807) is 0 Å². The minimum atomic E-state index is -4.25. The molecule has 18 heavy (non-hydrogen) atoms. The van der Waals surface area contributed by atoms with Crippen molar-refractivity contribution in [1.82, 2.24) is 10.2 Å². The van der Waals surface area contributed by atoms with E-state index < -0.39 is 24.9 Å². The molecule has 0 aromatic heterocycles. The number of halogens is 3. The van der Waals surface area contributed by atoms with Gasteiger partial charge in [0.1, 0.15) is 0 Å². The Morgan fingerprint density at radius 3 is 2.72 bits per heavy atom. The molecule has 0 saturated carbocycles. The zero-order valence-corrected chi connectivity index (χ0v) is 10.7. The van der Waals surface area contributed by atoms with Crippen LogP contribution in [0, 0.1) is 0 Å². The molecule has 0 unspecified atom stereocenters. The number of piperidine rings is 1. The fourth-order valence-electron chi connectivity index (χ4n) is 2.23. The van der Waals surface area contributed by atoms with Crippen LogP contribution in [0.15, 0.2) is 0 Å². The maximum Gasteiger partial charge on any atom is 0.389 e. The van der Waals surface area contributed by atoms with Gasteiger partial charge in [0.15, 0.2) is 0 Å². The molecule has 0 aromatic rings. The molecule has 3 nitrogen and oxygen atoms in total. The first-order valence-corrected chi connectivity index (χ1v) is 6.42. The fraction of sp³-hybridized carbons (Fsp3) is 0.917. The Balaban J connectivity index is 2.11. The Morgan fingerprint density at radius 1 is 1.39 bits per heavy atom. The minimum absolute atomic E-state index is 0.446. The van der Waals surface area contributed by atoms with E-state index in [-0.39, 0.29) is 0 Å². The van der Waals surface area contributed by atoms with Gasteiger partial charge in [-0.25, -0.2) is 0 Å². The molecular weight excluding hydrogens is 245 g/mol. The standard InChI is InChI=1S/C12H21F3N2O/c1-17-9-3-2-4-10(17)6-8-16-11(18)5-7-12(13,14)15/h10H,2-9H2,1H3,(H,16,18)/t10-/m1/s1. The molecule has 1 aliphatic heterocycles. The van der Waals surface area contributed by atoms with Crippen LogP contribution in [-0.2, 0) is 4.79 Å². The van der Waals surface area contributed by atoms with E-state index in [0.717, 1.165) is 19.4 Å². The molecule has 0 aliphatic carbocycles. The molecule has 0 aromatic carbocycles. The molecule has 1 fully saturated rings. The molecule has 0 radical (unpaired) electrons. The summed E-state index contributed by atoms with van der Waals surface area (Å²) in [7, 11) is 2.05. The maximum absolute atomic E-state index is 11.9. The summed E-state index contributed by atoms with van der Waals surface area (Å²) in [6.07, 6.45) is -1.45. The quantitative estimate of drug-likeness (QED) is 0.828. The van der Waals surface area contributed by atoms with Gasteiger partial charge >= 0.3 is 6.18 Å². The minimum Gasteiger partial charge on any atom is -0.356 e. The van der Waals surface area contributed by atoms with Gasteiger partial charge in [0, 0.05) is 19.0 Å². The van der Waals surface area contributed by atoms with E-state index in [1.807, 2.05) is 0 Å². The Kier molecular flexibility index (Phi) is 5.91. The second kappa shape index (κ2) is 6.97. The van der Waals surface area contributed by atoms with Crippen LogP contribution in [0.25, 0.3) is 0 Å². The number of amides is 1. The number of rotatable bonds is 5. The van der Waals surface area contributed by atoms with Crippen molar-refractivity contribution in [2.45, 2.75) is 50.7 Å². The van der Waals surface area contributed by atoms with Crippen LogP contribution >= 0.6 is 0 Å². The van der Waals surface area contributed by atoms with Crippen molar-refractivity contribution in [2.75, 3.05) is 20.1 Å². The Labute approximate surface area is 106 Å². The summed E-state index contributed by atoms with van der Waals surface area (Å²) in [6, 6.07) is 0.446. The summed E-state index contributed by atoms with van der Waals surface area (Å²) in [6.45, 7) is 1.53. The Hall–Kier alpha value is -0.780. The predicted octanol–water partition coefficient (Wildman–Crippen LogP) is 2.32. The predicted molar refractivity (Wildman–Crippen MR) is 63.2 cm³/mol. The van der Waals surface area contributed by atoms with Crippen molar-refractivity contribution in [3.63, 3.8) is 0 Å². The van der Waals surface area contributed by atoms with Crippen molar-refractivity contribution in [3.05, 3.63) is 0 Å². The molecule has 1 amide bonds. The number of nitrogens with zero attached hydrogens (tertiary/aromatic N) is 1. The highest BCUT2D eigenvalue weighted by molar-refractivity contribution is 5.75. The van der Waals surface area contributed by atoms with Crippen LogP contribution in [0.2, 0.25) is 0 Å². The Bertz CT molecular complexity index is 269. The van der Waals surface area contributed by atoms with Gasteiger partial charge in [0.05, 0.1) is 6.42 Å². The molecule has 0 spiro atoms. The lowest BCUT2D eigenvalue weighted by molar-refractivity contribution is -0.144. The molecular formula is C12H21F3N2O. The summed E-state index contributed by atoms with van der Waals surface area (Å²) in [4.78, 5) is 13.4. The summed E-state index contributed by atoms with van der Waals surface area (Å²) < 4.78 is 35.7. The van der Waals surface area contributed by atoms with Crippen molar-refractivity contribution >= 4 is 5.91 Å². The average Bonchev–Trinajstić information content (AvgIpc) is 2.28. The first kappa shape index (κ1) is 15.3. The van der Waals surface area contributed by atoms with Crippen molar-refractivity contribution < 1.29 is 18.0 Å². The van der Waals surface area contributed by atoms with Gasteiger partial charge in [0.2, 0.25) is 5.91 Å². The summed E-state index contributed by atoms with van der Waals surface area (Å²) in [5, 5.41) is 2.56. The Morgan fingerprint density at radius 2 is 2.11 bits per heavy atom. The molecule has 1 aliphatic rings. The molecule has 6 heteroatoms. The van der Waals surface area contributed by atoms with Crippen LogP contribution in [0.4, 0.5) is 13.2 Å². The highest BCUT2D eigenvalue weighted by atomic mass is 19.4. The third kappa shape index (κ3) is 6.23. The summed E-state index contributed by atoms with van der Waals surface area (Å²) in [5.74, 6) is -0.509. The number of nitrogens with one attached hydrogen (secondary N) is 1. The average molecular weight is 266 g/mol. The van der Waals surface area contributed by atoms with E-state index in [4.69, 9.17) is 0 Å². The van der Waals surface area contributed by atoms with Crippen LogP contribution in [0.1, 0.15) is 38.5 Å². The number of carbonyl (C=O) groups excluding carboxylic acids is 1. The van der Waals surface area contributed by atoms with Crippen molar-refractivity contribution in [2.24, 2.45) is 0 Å². The third-order valence-corrected chi connectivity index (χ3v) is 3.36. The van der Waals surface area contributed by atoms with Gasteiger partial charge in [-0.05, 0) is 32.9 Å². The van der Waals surface area contributed by atoms with Crippen LogP contribution < -0.4 is 5.32 Å². The topological polar surface area (TPSA) is 32.3 Å². The molecule has 1 atom stereocenters. The molecule has 0 bridgehead atoms. The van der Waals surface area contributed by atoms with Crippen molar-refractivity contribution in [3.8, 4) is 0 Å². The van der Waals surface area contributed by atoms with E-state index in [2.05, 4.69) is 17.3 Å². The molecule has 1 saturated heterocycles. The maximum atomic E-state index is 11.9. The normalized spacial score (nSPS) is 21.9. The number of alkyl halides is 3. The zero-order chi connectivity index (χ0) is 13.6. The van der Waals surface area contributed by atoms with Crippen LogP contribution in [-0.4, -0.2) is 43.2 Å². The highest BCUT2D eigenvalue weighted by Crippen LogP contribution is 2.21. The lowest BCUT2D eigenvalue weighted by atomic mass is 10.0. The smallest absolute Gasteiger partial charge is 0.356 e. The second-order valence-corrected chi connectivity index (χ2v) is 4.88. The summed E-state index contributed by atoms with van der Waals surface area (Å²) >= 11 is 0. The fourth-order valence-corrected chi connectivity index (χ4v) is 2.23. The lowest BCUT2D eigenvalue weighted by Gasteiger charge is -2.32. The summed E-state index contributed by atoms with van der Waals surface area (Å²) in [5.41, 5.74) is 0. The number of carbonyl (C=O) groups is 1. The van der Waals surface area contributed by atoms with Crippen molar-refractivity contribution in [1.29, 1.82) is 0 Å². The van der Waals surface area contributed by atoms with Gasteiger partial charge in [-0.15, -0.1) is 0 Å². The molecule has 1 heterocycles. The largest absolute Gasteiger partial charge is 0.389 e. The third-order valence-electron chi connectivity index (χ3n) is 3.36. The molecule has 1 rings (SSSR count). The first-order valence-electron chi connectivity index (χ1n) is 6.42. The van der Waals surface area contributed by atoms with Crippen LogP contribution in [0.3, 0.4) is 0 Å². The van der Waals surface area contributed by atoms with Crippen LogP contribution in [0.5, 0.6) is 0 Å². The van der Waals surface area contributed by atoms with E-state index >= 15 is 0 Å². The second-order valence-electron chi connectivity index (χ2n) is 4.88. The monoisotopic (exact) mass is 266 g/mol. The zero-order valence-electron chi connectivity index (χ0n) is 10.7. The number of likely N-dealkylation sites (tertiary alicyclic amines) is 1. The van der Waals surface area contributed by atoms with E-state index in [1.165, 1.54) is 12.8 Å². The van der Waals surface area contributed by atoms with Gasteiger partial charge < -0.3 is 10.2 Å². The lowest BCUT2D eigenvalue weighted by Crippen LogP contribution is -2.39. The van der Waals surface area contributed by atoms with Gasteiger partial charge in [-0.1, -0.05) is 6.42 Å². The van der Waals surface area contributed by atoms with Gasteiger partial charge in [-0.3, -0.25) is 4.79 Å². The molecule has 106 valence electrons.